The first-order valence-corrected chi connectivity index (χ1v) is 6.31. The molecule has 2 rings (SSSR count). The van der Waals surface area contributed by atoms with Crippen LogP contribution in [0.3, 0.4) is 0 Å². The topological polar surface area (TPSA) is 38.1 Å². The third-order valence-corrected chi connectivity index (χ3v) is 3.41. The highest BCUT2D eigenvalue weighted by Gasteiger charge is 2.25. The van der Waals surface area contributed by atoms with Crippen LogP contribution in [0.4, 0.5) is 0 Å². The van der Waals surface area contributed by atoms with Crippen molar-refractivity contribution in [1.29, 1.82) is 0 Å². The minimum Gasteiger partial charge on any atom is -0.385 e. The van der Waals surface area contributed by atoms with Gasteiger partial charge in [0, 0.05) is 25.9 Å². The summed E-state index contributed by atoms with van der Waals surface area (Å²) in [5, 5.41) is 10.6. The highest BCUT2D eigenvalue weighted by Crippen LogP contribution is 2.25. The van der Waals surface area contributed by atoms with Gasteiger partial charge in [0.25, 0.3) is 0 Å². The maximum absolute atomic E-state index is 10.6. The van der Waals surface area contributed by atoms with Crippen molar-refractivity contribution in [2.75, 3.05) is 0 Å². The number of rotatable bonds is 4. The summed E-state index contributed by atoms with van der Waals surface area (Å²) < 4.78 is 1.94. The Balaban J connectivity index is 2.21. The zero-order chi connectivity index (χ0) is 13.2. The van der Waals surface area contributed by atoms with E-state index in [4.69, 9.17) is 0 Å². The number of aliphatic hydroxyl groups is 1. The molecule has 2 aromatic rings. The van der Waals surface area contributed by atoms with Crippen molar-refractivity contribution >= 4 is 0 Å². The quantitative estimate of drug-likeness (QED) is 0.897. The van der Waals surface area contributed by atoms with Gasteiger partial charge in [0.15, 0.2) is 0 Å². The van der Waals surface area contributed by atoms with E-state index in [0.29, 0.717) is 6.42 Å². The molecule has 0 bridgehead atoms. The predicted molar refractivity (Wildman–Crippen MR) is 72.3 cm³/mol. The average Bonchev–Trinajstić information content (AvgIpc) is 2.74. The van der Waals surface area contributed by atoms with E-state index in [0.717, 1.165) is 17.8 Å². The Kier molecular flexibility index (Phi) is 3.53. The van der Waals surface area contributed by atoms with Crippen LogP contribution < -0.4 is 0 Å². The van der Waals surface area contributed by atoms with Gasteiger partial charge in [-0.15, -0.1) is 0 Å². The molecule has 1 N–H and O–H groups in total. The third-order valence-electron chi connectivity index (χ3n) is 3.41. The Morgan fingerprint density at radius 3 is 2.44 bits per heavy atom. The molecule has 0 saturated heterocycles. The Hall–Kier alpha value is -1.61. The van der Waals surface area contributed by atoms with Crippen molar-refractivity contribution in [2.45, 2.75) is 32.3 Å². The molecule has 0 spiro atoms. The van der Waals surface area contributed by atoms with Crippen LogP contribution >= 0.6 is 0 Å². The fraction of sp³-hybridized carbons (Fsp3) is 0.400. The van der Waals surface area contributed by atoms with Gasteiger partial charge < -0.3 is 9.67 Å². The average molecular weight is 244 g/mol. The molecule has 1 heterocycles. The van der Waals surface area contributed by atoms with E-state index in [2.05, 4.69) is 24.0 Å². The lowest BCUT2D eigenvalue weighted by Gasteiger charge is -2.23. The lowest BCUT2D eigenvalue weighted by molar-refractivity contribution is 0.0547. The van der Waals surface area contributed by atoms with Crippen molar-refractivity contribution in [2.24, 2.45) is 7.05 Å². The lowest BCUT2D eigenvalue weighted by atomic mass is 9.91. The van der Waals surface area contributed by atoms with Gasteiger partial charge in [-0.05, 0) is 24.5 Å². The van der Waals surface area contributed by atoms with Crippen LogP contribution in [-0.2, 0) is 25.5 Å². The van der Waals surface area contributed by atoms with Crippen LogP contribution in [0, 0.1) is 0 Å². The summed E-state index contributed by atoms with van der Waals surface area (Å²) in [6.45, 7) is 3.96. The fourth-order valence-corrected chi connectivity index (χ4v) is 2.08. The van der Waals surface area contributed by atoms with Crippen LogP contribution in [-0.4, -0.2) is 14.7 Å². The van der Waals surface area contributed by atoms with Gasteiger partial charge in [0.05, 0.1) is 5.60 Å². The fourth-order valence-electron chi connectivity index (χ4n) is 2.08. The van der Waals surface area contributed by atoms with Crippen molar-refractivity contribution in [3.8, 4) is 0 Å². The Morgan fingerprint density at radius 1 is 1.28 bits per heavy atom. The molecule has 3 heteroatoms. The summed E-state index contributed by atoms with van der Waals surface area (Å²) in [6.07, 6.45) is 5.18. The van der Waals surface area contributed by atoms with Crippen molar-refractivity contribution < 1.29 is 5.11 Å². The summed E-state index contributed by atoms with van der Waals surface area (Å²) in [6, 6.07) is 8.15. The van der Waals surface area contributed by atoms with E-state index in [9.17, 15) is 5.11 Å². The van der Waals surface area contributed by atoms with Gasteiger partial charge in [-0.3, -0.25) is 0 Å². The van der Waals surface area contributed by atoms with Gasteiger partial charge in [0.2, 0.25) is 0 Å². The highest BCUT2D eigenvalue weighted by molar-refractivity contribution is 5.27. The minimum atomic E-state index is -0.884. The van der Waals surface area contributed by atoms with Crippen molar-refractivity contribution in [3.63, 3.8) is 0 Å². The number of hydrogen-bond acceptors (Lipinski definition) is 2. The van der Waals surface area contributed by atoms with E-state index >= 15 is 0 Å². The first-order chi connectivity index (χ1) is 8.53. The first-order valence-electron chi connectivity index (χ1n) is 6.31. The molecule has 1 unspecified atom stereocenters. The highest BCUT2D eigenvalue weighted by atomic mass is 16.3. The molecule has 0 aliphatic heterocycles. The van der Waals surface area contributed by atoms with Gasteiger partial charge >= 0.3 is 0 Å². The molecule has 0 fully saturated rings. The second-order valence-corrected chi connectivity index (χ2v) is 4.96. The van der Waals surface area contributed by atoms with Crippen LogP contribution in [0.2, 0.25) is 0 Å². The zero-order valence-electron chi connectivity index (χ0n) is 11.2. The number of aryl methyl sites for hydroxylation is 2. The van der Waals surface area contributed by atoms with E-state index in [1.165, 1.54) is 5.56 Å². The SMILES string of the molecule is CCc1ccc(C(C)(O)Cc2nccn2C)cc1. The molecule has 1 aromatic heterocycles. The molecular formula is C15H20N2O. The number of benzene rings is 1. The molecule has 18 heavy (non-hydrogen) atoms. The summed E-state index contributed by atoms with van der Waals surface area (Å²) in [5.41, 5.74) is 1.33. The minimum absolute atomic E-state index is 0.516. The Bertz CT molecular complexity index is 512. The maximum atomic E-state index is 10.6. The molecule has 96 valence electrons. The monoisotopic (exact) mass is 244 g/mol. The number of hydrogen-bond donors (Lipinski definition) is 1. The standard InChI is InChI=1S/C15H20N2O/c1-4-12-5-7-13(8-6-12)15(2,18)11-14-16-9-10-17(14)3/h5-10,18H,4,11H2,1-3H3. The van der Waals surface area contributed by atoms with Crippen LogP contribution in [0.5, 0.6) is 0 Å². The largest absolute Gasteiger partial charge is 0.385 e. The van der Waals surface area contributed by atoms with Crippen LogP contribution in [0.15, 0.2) is 36.7 Å². The number of imidazole rings is 1. The second-order valence-electron chi connectivity index (χ2n) is 4.96. The van der Waals surface area contributed by atoms with Gasteiger partial charge in [-0.1, -0.05) is 31.2 Å². The molecule has 0 saturated carbocycles. The molecule has 3 nitrogen and oxygen atoms in total. The molecule has 0 aliphatic carbocycles. The molecule has 1 aromatic carbocycles. The number of aromatic nitrogens is 2. The van der Waals surface area contributed by atoms with E-state index < -0.39 is 5.60 Å². The van der Waals surface area contributed by atoms with Crippen molar-refractivity contribution in [1.82, 2.24) is 9.55 Å². The van der Waals surface area contributed by atoms with Gasteiger partial charge in [-0.25, -0.2) is 4.98 Å². The van der Waals surface area contributed by atoms with E-state index in [1.807, 2.05) is 36.9 Å². The zero-order valence-corrected chi connectivity index (χ0v) is 11.2. The molecule has 0 radical (unpaired) electrons. The molecule has 0 aliphatic rings. The Morgan fingerprint density at radius 2 is 1.94 bits per heavy atom. The second kappa shape index (κ2) is 4.94. The Labute approximate surface area is 108 Å². The molecule has 1 atom stereocenters. The van der Waals surface area contributed by atoms with Gasteiger partial charge in [-0.2, -0.15) is 0 Å². The van der Waals surface area contributed by atoms with Gasteiger partial charge in [0.1, 0.15) is 5.82 Å². The summed E-state index contributed by atoms with van der Waals surface area (Å²) >= 11 is 0. The molecule has 0 amide bonds. The summed E-state index contributed by atoms with van der Waals surface area (Å²) in [7, 11) is 1.94. The number of nitrogens with zero attached hydrogens (tertiary/aromatic N) is 2. The van der Waals surface area contributed by atoms with E-state index in [-0.39, 0.29) is 0 Å². The summed E-state index contributed by atoms with van der Waals surface area (Å²) in [4.78, 5) is 4.26. The predicted octanol–water partition coefficient (Wildman–Crippen LogP) is 2.43. The molecular weight excluding hydrogens is 224 g/mol. The first kappa shape index (κ1) is 12.8. The lowest BCUT2D eigenvalue weighted by Crippen LogP contribution is -2.25. The van der Waals surface area contributed by atoms with E-state index in [1.54, 1.807) is 6.20 Å². The smallest absolute Gasteiger partial charge is 0.111 e. The maximum Gasteiger partial charge on any atom is 0.111 e. The van der Waals surface area contributed by atoms with Crippen LogP contribution in [0.25, 0.3) is 0 Å². The van der Waals surface area contributed by atoms with Crippen LogP contribution in [0.1, 0.15) is 30.8 Å². The third kappa shape index (κ3) is 2.62. The normalized spacial score (nSPS) is 14.4. The summed E-state index contributed by atoms with van der Waals surface area (Å²) in [5.74, 6) is 0.888. The van der Waals surface area contributed by atoms with Crippen molar-refractivity contribution in [3.05, 3.63) is 53.6 Å².